The maximum absolute atomic E-state index is 12.5. The molecule has 0 bridgehead atoms. The summed E-state index contributed by atoms with van der Waals surface area (Å²) in [7, 11) is -3.77. The van der Waals surface area contributed by atoms with Crippen molar-refractivity contribution < 1.29 is 18.0 Å². The first-order chi connectivity index (χ1) is 14.2. The zero-order chi connectivity index (χ0) is 21.9. The van der Waals surface area contributed by atoms with E-state index in [-0.39, 0.29) is 28.2 Å². The van der Waals surface area contributed by atoms with Crippen LogP contribution in [0.2, 0.25) is 10.0 Å². The number of nitrogens with one attached hydrogen (secondary N) is 1. The van der Waals surface area contributed by atoms with Gasteiger partial charge in [-0.3, -0.25) is 13.9 Å². The minimum absolute atomic E-state index is 0.0559. The summed E-state index contributed by atoms with van der Waals surface area (Å²) in [6, 6.07) is 11.9. The summed E-state index contributed by atoms with van der Waals surface area (Å²) in [6.07, 6.45) is 2.36. The number of benzene rings is 2. The number of halogens is 2. The summed E-state index contributed by atoms with van der Waals surface area (Å²) in [4.78, 5) is 26.1. The smallest absolute Gasteiger partial charge is 0.241 e. The average molecular weight is 470 g/mol. The molecule has 0 aromatic heterocycles. The van der Waals surface area contributed by atoms with Crippen LogP contribution in [0, 0.1) is 0 Å². The van der Waals surface area contributed by atoms with E-state index < -0.39 is 22.5 Å². The number of amides is 2. The first-order valence-corrected chi connectivity index (χ1v) is 11.8. The number of carbonyl (C=O) groups is 2. The van der Waals surface area contributed by atoms with Crippen LogP contribution in [-0.2, 0) is 26.2 Å². The third-order valence-electron chi connectivity index (χ3n) is 4.67. The number of anilines is 2. The molecule has 2 aromatic carbocycles. The molecule has 30 heavy (non-hydrogen) atoms. The summed E-state index contributed by atoms with van der Waals surface area (Å²) in [5.41, 5.74) is 1.72. The van der Waals surface area contributed by atoms with Gasteiger partial charge in [0.25, 0.3) is 0 Å². The molecule has 2 aromatic rings. The molecular weight excluding hydrogens is 449 g/mol. The molecule has 0 saturated carbocycles. The van der Waals surface area contributed by atoms with E-state index in [1.807, 2.05) is 24.3 Å². The molecule has 0 radical (unpaired) electrons. The predicted octanol–water partition coefficient (Wildman–Crippen LogP) is 3.20. The molecule has 1 saturated heterocycles. The van der Waals surface area contributed by atoms with E-state index in [0.29, 0.717) is 13.0 Å². The van der Waals surface area contributed by atoms with Gasteiger partial charge in [0.2, 0.25) is 21.8 Å². The minimum atomic E-state index is -3.77. The Kier molecular flexibility index (Phi) is 6.90. The lowest BCUT2D eigenvalue weighted by Gasteiger charge is -2.23. The Morgan fingerprint density at radius 3 is 2.60 bits per heavy atom. The second-order valence-electron chi connectivity index (χ2n) is 6.94. The Hall–Kier alpha value is -2.29. The van der Waals surface area contributed by atoms with Gasteiger partial charge < -0.3 is 10.2 Å². The number of sulfonamides is 1. The molecule has 3 rings (SSSR count). The number of carbonyl (C=O) groups excluding carboxylic acids is 2. The van der Waals surface area contributed by atoms with Crippen molar-refractivity contribution in [1.29, 1.82) is 0 Å². The van der Waals surface area contributed by atoms with Crippen LogP contribution in [0.25, 0.3) is 0 Å². The molecule has 1 N–H and O–H groups in total. The molecule has 1 fully saturated rings. The van der Waals surface area contributed by atoms with E-state index in [0.717, 1.165) is 28.2 Å². The molecule has 160 valence electrons. The molecule has 1 aliphatic heterocycles. The lowest BCUT2D eigenvalue weighted by molar-refractivity contribution is -0.120. The number of hydrogen-bond donors (Lipinski definition) is 1. The van der Waals surface area contributed by atoms with Crippen molar-refractivity contribution in [3.63, 3.8) is 0 Å². The fourth-order valence-corrected chi connectivity index (χ4v) is 4.52. The summed E-state index contributed by atoms with van der Waals surface area (Å²) in [5, 5.41) is 2.96. The Labute approximate surface area is 185 Å². The summed E-state index contributed by atoms with van der Waals surface area (Å²) < 4.78 is 25.4. The molecule has 7 nitrogen and oxygen atoms in total. The van der Waals surface area contributed by atoms with E-state index in [2.05, 4.69) is 5.32 Å². The van der Waals surface area contributed by atoms with Crippen LogP contribution in [0.3, 0.4) is 0 Å². The Morgan fingerprint density at radius 2 is 1.93 bits per heavy atom. The fourth-order valence-electron chi connectivity index (χ4n) is 3.21. The molecule has 0 spiro atoms. The first-order valence-electron chi connectivity index (χ1n) is 9.24. The second-order valence-corrected chi connectivity index (χ2v) is 9.63. The summed E-state index contributed by atoms with van der Waals surface area (Å²) in [6.45, 7) is 0.428. The van der Waals surface area contributed by atoms with Gasteiger partial charge in [-0.15, -0.1) is 0 Å². The van der Waals surface area contributed by atoms with Crippen LogP contribution in [0.5, 0.6) is 0 Å². The van der Waals surface area contributed by atoms with Gasteiger partial charge in [-0.25, -0.2) is 8.42 Å². The molecule has 2 amide bonds. The van der Waals surface area contributed by atoms with Gasteiger partial charge in [-0.1, -0.05) is 41.4 Å². The predicted molar refractivity (Wildman–Crippen MR) is 119 cm³/mol. The van der Waals surface area contributed by atoms with Gasteiger partial charge in [-0.05, 0) is 36.2 Å². The highest BCUT2D eigenvalue weighted by Crippen LogP contribution is 2.33. The SMILES string of the molecule is CS(=O)(=O)N(CC(=O)NCc1cccc(N2CCCC2=O)c1)c1cccc(Cl)c1Cl. The maximum atomic E-state index is 12.5. The van der Waals surface area contributed by atoms with Crippen LogP contribution in [0.4, 0.5) is 11.4 Å². The van der Waals surface area contributed by atoms with Crippen LogP contribution < -0.4 is 14.5 Å². The van der Waals surface area contributed by atoms with Gasteiger partial charge in [0.15, 0.2) is 0 Å². The lowest BCUT2D eigenvalue weighted by Crippen LogP contribution is -2.40. The normalized spacial score (nSPS) is 14.1. The molecule has 0 aliphatic carbocycles. The molecule has 0 atom stereocenters. The number of rotatable bonds is 7. The fraction of sp³-hybridized carbons (Fsp3) is 0.300. The zero-order valence-corrected chi connectivity index (χ0v) is 18.6. The third kappa shape index (κ3) is 5.24. The minimum Gasteiger partial charge on any atom is -0.350 e. The van der Waals surface area contributed by atoms with Gasteiger partial charge in [0.05, 0.1) is 22.0 Å². The highest BCUT2D eigenvalue weighted by Gasteiger charge is 2.24. The summed E-state index contributed by atoms with van der Waals surface area (Å²) >= 11 is 12.1. The van der Waals surface area contributed by atoms with Crippen molar-refractivity contribution in [3.05, 3.63) is 58.1 Å². The van der Waals surface area contributed by atoms with E-state index in [1.54, 1.807) is 11.0 Å². The van der Waals surface area contributed by atoms with Crippen molar-refractivity contribution in [2.24, 2.45) is 0 Å². The van der Waals surface area contributed by atoms with Crippen LogP contribution in [0.1, 0.15) is 18.4 Å². The van der Waals surface area contributed by atoms with E-state index in [9.17, 15) is 18.0 Å². The van der Waals surface area contributed by atoms with Gasteiger partial charge >= 0.3 is 0 Å². The van der Waals surface area contributed by atoms with Crippen LogP contribution in [0.15, 0.2) is 42.5 Å². The summed E-state index contributed by atoms with van der Waals surface area (Å²) in [5.74, 6) is -0.419. The van der Waals surface area contributed by atoms with Crippen molar-refractivity contribution in [2.45, 2.75) is 19.4 Å². The quantitative estimate of drug-likeness (QED) is 0.674. The van der Waals surface area contributed by atoms with Crippen molar-refractivity contribution >= 4 is 56.4 Å². The van der Waals surface area contributed by atoms with E-state index in [1.165, 1.54) is 12.1 Å². The highest BCUT2D eigenvalue weighted by molar-refractivity contribution is 7.92. The molecule has 1 heterocycles. The van der Waals surface area contributed by atoms with Crippen molar-refractivity contribution in [3.8, 4) is 0 Å². The third-order valence-corrected chi connectivity index (χ3v) is 6.61. The number of nitrogens with zero attached hydrogens (tertiary/aromatic N) is 2. The van der Waals surface area contributed by atoms with Gasteiger partial charge in [0.1, 0.15) is 6.54 Å². The standard InChI is InChI=1S/C20H21Cl2N3O4S/c1-30(28,29)25(17-8-3-7-16(21)20(17)22)13-18(26)23-12-14-5-2-6-15(11-14)24-10-4-9-19(24)27/h2-3,5-8,11H,4,9-10,12-13H2,1H3,(H,23,26). The second kappa shape index (κ2) is 9.24. The maximum Gasteiger partial charge on any atom is 0.241 e. The average Bonchev–Trinajstić information content (AvgIpc) is 3.12. The Morgan fingerprint density at radius 1 is 1.20 bits per heavy atom. The molecule has 1 aliphatic rings. The molecule has 0 unspecified atom stereocenters. The Balaban J connectivity index is 1.70. The van der Waals surface area contributed by atoms with Crippen LogP contribution >= 0.6 is 23.2 Å². The van der Waals surface area contributed by atoms with Crippen molar-refractivity contribution in [2.75, 3.05) is 28.6 Å². The van der Waals surface area contributed by atoms with Gasteiger partial charge in [0, 0.05) is 25.2 Å². The topological polar surface area (TPSA) is 86.8 Å². The van der Waals surface area contributed by atoms with E-state index >= 15 is 0 Å². The first kappa shape index (κ1) is 22.4. The zero-order valence-electron chi connectivity index (χ0n) is 16.3. The van der Waals surface area contributed by atoms with E-state index in [4.69, 9.17) is 23.2 Å². The number of hydrogen-bond acceptors (Lipinski definition) is 4. The molecule has 10 heteroatoms. The van der Waals surface area contributed by atoms with Crippen LogP contribution in [-0.4, -0.2) is 39.6 Å². The Bertz CT molecular complexity index is 1080. The highest BCUT2D eigenvalue weighted by atomic mass is 35.5. The molecular formula is C20H21Cl2N3O4S. The lowest BCUT2D eigenvalue weighted by atomic mass is 10.2. The largest absolute Gasteiger partial charge is 0.350 e. The van der Waals surface area contributed by atoms with Crippen molar-refractivity contribution in [1.82, 2.24) is 5.32 Å². The monoisotopic (exact) mass is 469 g/mol. The van der Waals surface area contributed by atoms with Gasteiger partial charge in [-0.2, -0.15) is 0 Å².